The normalized spacial score (nSPS) is 55.5. The molecule has 0 amide bonds. The molecule has 1 aliphatic rings. The predicted molar refractivity (Wildman–Crippen MR) is 76.3 cm³/mol. The molecule has 0 unspecified atom stereocenters. The van der Waals surface area contributed by atoms with Gasteiger partial charge in [0, 0.05) is 29.0 Å². The maximum atomic E-state index is 3.65. The molecule has 12 heavy (non-hydrogen) atoms. The number of hydrogen-bond donors (Lipinski definition) is 0. The number of rotatable bonds is 0. The second-order valence-corrected chi connectivity index (χ2v) is 9.01. The van der Waals surface area contributed by atoms with Gasteiger partial charge in [0.2, 0.25) is 0 Å². The lowest BCUT2D eigenvalue weighted by atomic mass is 10.00. The summed E-state index contributed by atoms with van der Waals surface area (Å²) in [7, 11) is 0. The summed E-state index contributed by atoms with van der Waals surface area (Å²) >= 11 is 21.9. The van der Waals surface area contributed by atoms with E-state index in [4.69, 9.17) is 0 Å². The molecule has 0 radical (unpaired) electrons. The smallest absolute Gasteiger partial charge is 0.0418 e. The van der Waals surface area contributed by atoms with Crippen LogP contribution in [0.1, 0.15) is 0 Å². The van der Waals surface area contributed by atoms with Crippen molar-refractivity contribution in [3.8, 4) is 0 Å². The second-order valence-electron chi connectivity index (χ2n) is 2.67. The highest BCUT2D eigenvalue weighted by Gasteiger charge is 2.44. The summed E-state index contributed by atoms with van der Waals surface area (Å²) in [5, 5.41) is 0. The van der Waals surface area contributed by atoms with Gasteiger partial charge in [-0.05, 0) is 0 Å². The standard InChI is InChI=1S/C6H6Br6/c7-1-2(8)4(10)6(12)5(11)3(1)9/h1-6H. The van der Waals surface area contributed by atoms with Crippen molar-refractivity contribution < 1.29 is 0 Å². The van der Waals surface area contributed by atoms with E-state index in [9.17, 15) is 0 Å². The molecule has 1 aliphatic carbocycles. The molecular weight excluding hydrogens is 551 g/mol. The molecule has 6 heteroatoms. The van der Waals surface area contributed by atoms with Crippen LogP contribution in [0.15, 0.2) is 0 Å². The average molecular weight is 558 g/mol. The molecule has 0 saturated heterocycles. The molecule has 0 N–H and O–H groups in total. The highest BCUT2D eigenvalue weighted by Crippen LogP contribution is 2.44. The lowest BCUT2D eigenvalue weighted by Gasteiger charge is -2.39. The van der Waals surface area contributed by atoms with Crippen LogP contribution in [0.25, 0.3) is 0 Å². The third kappa shape index (κ3) is 2.52. The maximum Gasteiger partial charge on any atom is 0.0418 e. The van der Waals surface area contributed by atoms with E-state index in [-0.39, 0.29) is 0 Å². The maximum absolute atomic E-state index is 3.65. The van der Waals surface area contributed by atoms with Crippen molar-refractivity contribution in [2.45, 2.75) is 29.0 Å². The Kier molecular flexibility index (Phi) is 5.70. The highest BCUT2D eigenvalue weighted by molar-refractivity contribution is 9.16. The lowest BCUT2D eigenvalue weighted by molar-refractivity contribution is 0.612. The lowest BCUT2D eigenvalue weighted by Crippen LogP contribution is -2.50. The van der Waals surface area contributed by atoms with Crippen LogP contribution in [0, 0.1) is 0 Å². The van der Waals surface area contributed by atoms with Gasteiger partial charge in [0.1, 0.15) is 0 Å². The molecule has 1 rings (SSSR count). The third-order valence-electron chi connectivity index (χ3n) is 1.83. The molecule has 0 bridgehead atoms. The van der Waals surface area contributed by atoms with Crippen LogP contribution in [0.4, 0.5) is 0 Å². The van der Waals surface area contributed by atoms with Crippen LogP contribution in [-0.4, -0.2) is 29.0 Å². The fourth-order valence-corrected chi connectivity index (χ4v) is 7.46. The molecule has 0 aromatic heterocycles. The fourth-order valence-electron chi connectivity index (χ4n) is 1.05. The van der Waals surface area contributed by atoms with Crippen LogP contribution in [0.5, 0.6) is 0 Å². The van der Waals surface area contributed by atoms with Crippen LogP contribution in [-0.2, 0) is 0 Å². The zero-order valence-electron chi connectivity index (χ0n) is 5.73. The van der Waals surface area contributed by atoms with Gasteiger partial charge < -0.3 is 0 Å². The Balaban J connectivity index is 2.76. The van der Waals surface area contributed by atoms with Gasteiger partial charge in [-0.1, -0.05) is 95.6 Å². The van der Waals surface area contributed by atoms with Gasteiger partial charge in [-0.2, -0.15) is 0 Å². The zero-order chi connectivity index (χ0) is 9.46. The molecule has 0 aliphatic heterocycles. The topological polar surface area (TPSA) is 0 Å². The molecule has 0 spiro atoms. The summed E-state index contributed by atoms with van der Waals surface area (Å²) in [6.45, 7) is 0. The van der Waals surface area contributed by atoms with Crippen molar-refractivity contribution in [1.82, 2.24) is 0 Å². The molecule has 0 heterocycles. The number of hydrogen-bond acceptors (Lipinski definition) is 0. The van der Waals surface area contributed by atoms with Gasteiger partial charge in [0.15, 0.2) is 0 Å². The third-order valence-corrected chi connectivity index (χ3v) is 12.9. The first-order valence-electron chi connectivity index (χ1n) is 3.31. The van der Waals surface area contributed by atoms with Gasteiger partial charge in [-0.25, -0.2) is 0 Å². The minimum atomic E-state index is 0.431. The molecule has 1 saturated carbocycles. The predicted octanol–water partition coefficient (Wildman–Crippen LogP) is 4.58. The molecule has 0 aromatic rings. The number of halogens is 6. The Hall–Kier alpha value is 2.88. The first-order valence-corrected chi connectivity index (χ1v) is 8.80. The van der Waals surface area contributed by atoms with E-state index >= 15 is 0 Å². The quantitative estimate of drug-likeness (QED) is 0.383. The van der Waals surface area contributed by atoms with Crippen molar-refractivity contribution in [2.24, 2.45) is 0 Å². The Morgan fingerprint density at radius 3 is 0.500 bits per heavy atom. The fraction of sp³-hybridized carbons (Fsp3) is 1.00. The van der Waals surface area contributed by atoms with Crippen LogP contribution in [0.2, 0.25) is 0 Å². The van der Waals surface area contributed by atoms with E-state index in [0.29, 0.717) is 29.0 Å². The van der Waals surface area contributed by atoms with Crippen molar-refractivity contribution in [3.63, 3.8) is 0 Å². The van der Waals surface area contributed by atoms with Crippen LogP contribution < -0.4 is 0 Å². The summed E-state index contributed by atoms with van der Waals surface area (Å²) < 4.78 is 0. The summed E-state index contributed by atoms with van der Waals surface area (Å²) in [5.41, 5.74) is 0. The minimum absolute atomic E-state index is 0.431. The summed E-state index contributed by atoms with van der Waals surface area (Å²) in [5.74, 6) is 0. The molecule has 1 fully saturated rings. The Bertz CT molecular complexity index is 104. The van der Waals surface area contributed by atoms with E-state index in [1.807, 2.05) is 0 Å². The van der Waals surface area contributed by atoms with E-state index in [1.54, 1.807) is 0 Å². The Labute approximate surface area is 123 Å². The SMILES string of the molecule is BrC1C(Br)C(Br)C(Br)C(Br)C1Br. The number of alkyl halides is 6. The summed E-state index contributed by atoms with van der Waals surface area (Å²) in [4.78, 5) is 2.58. The minimum Gasteiger partial charge on any atom is -0.0865 e. The monoisotopic (exact) mass is 552 g/mol. The molecule has 72 valence electrons. The Morgan fingerprint density at radius 1 is 0.333 bits per heavy atom. The molecule has 0 nitrogen and oxygen atoms in total. The van der Waals surface area contributed by atoms with Crippen molar-refractivity contribution >= 4 is 95.6 Å². The Morgan fingerprint density at radius 2 is 0.417 bits per heavy atom. The van der Waals surface area contributed by atoms with Crippen LogP contribution >= 0.6 is 95.6 Å². The van der Waals surface area contributed by atoms with Crippen molar-refractivity contribution in [1.29, 1.82) is 0 Å². The van der Waals surface area contributed by atoms with Crippen molar-refractivity contribution in [3.05, 3.63) is 0 Å². The molecule has 0 aromatic carbocycles. The second kappa shape index (κ2) is 5.28. The highest BCUT2D eigenvalue weighted by atomic mass is 79.9. The molecular formula is C6H6Br6. The molecule has 0 atom stereocenters. The first-order chi connectivity index (χ1) is 5.46. The largest absolute Gasteiger partial charge is 0.0865 e. The van der Waals surface area contributed by atoms with E-state index in [2.05, 4.69) is 95.6 Å². The van der Waals surface area contributed by atoms with Crippen molar-refractivity contribution in [2.75, 3.05) is 0 Å². The van der Waals surface area contributed by atoms with E-state index in [0.717, 1.165) is 0 Å². The van der Waals surface area contributed by atoms with E-state index < -0.39 is 0 Å². The van der Waals surface area contributed by atoms with Gasteiger partial charge in [0.05, 0.1) is 0 Å². The first kappa shape index (κ1) is 12.9. The van der Waals surface area contributed by atoms with Gasteiger partial charge in [-0.15, -0.1) is 0 Å². The summed E-state index contributed by atoms with van der Waals surface area (Å²) in [6.07, 6.45) is 0. The average Bonchev–Trinajstić information content (AvgIpc) is 2.08. The van der Waals surface area contributed by atoms with E-state index in [1.165, 1.54) is 0 Å². The van der Waals surface area contributed by atoms with Gasteiger partial charge >= 0.3 is 0 Å². The zero-order valence-corrected chi connectivity index (χ0v) is 15.2. The van der Waals surface area contributed by atoms with Gasteiger partial charge in [-0.3, -0.25) is 0 Å². The summed E-state index contributed by atoms with van der Waals surface area (Å²) in [6, 6.07) is 0. The van der Waals surface area contributed by atoms with Gasteiger partial charge in [0.25, 0.3) is 0 Å². The van der Waals surface area contributed by atoms with Crippen LogP contribution in [0.3, 0.4) is 0 Å².